The molecule has 32 heavy (non-hydrogen) atoms. The summed E-state index contributed by atoms with van der Waals surface area (Å²) in [6.07, 6.45) is 4.06. The van der Waals surface area contributed by atoms with E-state index < -0.39 is 0 Å². The summed E-state index contributed by atoms with van der Waals surface area (Å²) >= 11 is 0. The molecule has 3 heterocycles. The van der Waals surface area contributed by atoms with Gasteiger partial charge in [-0.25, -0.2) is 4.98 Å². The van der Waals surface area contributed by atoms with Crippen LogP contribution in [0.5, 0.6) is 5.75 Å². The van der Waals surface area contributed by atoms with E-state index in [-0.39, 0.29) is 11.9 Å². The molecule has 0 spiro atoms. The van der Waals surface area contributed by atoms with Crippen molar-refractivity contribution in [2.75, 3.05) is 7.11 Å². The van der Waals surface area contributed by atoms with Gasteiger partial charge in [-0.2, -0.15) is 5.10 Å². The average Bonchev–Trinajstić information content (AvgIpc) is 3.43. The number of carbonyl (C=O) groups is 1. The van der Waals surface area contributed by atoms with Gasteiger partial charge in [0, 0.05) is 29.4 Å². The molecular weight excluding hydrogens is 406 g/mol. The van der Waals surface area contributed by atoms with Crippen molar-refractivity contribution in [3.8, 4) is 17.0 Å². The molecule has 1 unspecified atom stereocenters. The number of ether oxygens (including phenoxy) is 1. The highest BCUT2D eigenvalue weighted by Gasteiger charge is 2.29. The molecule has 0 saturated heterocycles. The summed E-state index contributed by atoms with van der Waals surface area (Å²) < 4.78 is 12.8. The van der Waals surface area contributed by atoms with Crippen LogP contribution in [0.1, 0.15) is 47.4 Å². The SMILES string of the molecule is COc1cccc(-c2noc3nc(C4CC4)cc(C(=O)NC(C)Cn4ccc(C)n4)c23)c1. The zero-order chi connectivity index (χ0) is 22.2. The van der Waals surface area contributed by atoms with Crippen molar-refractivity contribution in [2.24, 2.45) is 0 Å². The molecule has 1 aromatic carbocycles. The Morgan fingerprint density at radius 3 is 2.88 bits per heavy atom. The van der Waals surface area contributed by atoms with Crippen LogP contribution in [0.4, 0.5) is 0 Å². The Morgan fingerprint density at radius 2 is 2.16 bits per heavy atom. The lowest BCUT2D eigenvalue weighted by molar-refractivity contribution is 0.0937. The lowest BCUT2D eigenvalue weighted by Gasteiger charge is -2.15. The number of methoxy groups -OCH3 is 1. The van der Waals surface area contributed by atoms with E-state index in [4.69, 9.17) is 9.26 Å². The highest BCUT2D eigenvalue weighted by atomic mass is 16.5. The van der Waals surface area contributed by atoms with Crippen LogP contribution in [0.15, 0.2) is 47.1 Å². The van der Waals surface area contributed by atoms with Gasteiger partial charge in [-0.1, -0.05) is 17.3 Å². The predicted octanol–water partition coefficient (Wildman–Crippen LogP) is 4.10. The van der Waals surface area contributed by atoms with Gasteiger partial charge in [0.05, 0.1) is 30.3 Å². The first-order valence-corrected chi connectivity index (χ1v) is 10.8. The smallest absolute Gasteiger partial charge is 0.259 e. The van der Waals surface area contributed by atoms with Crippen LogP contribution in [0.25, 0.3) is 22.4 Å². The van der Waals surface area contributed by atoms with Gasteiger partial charge in [-0.3, -0.25) is 9.48 Å². The Balaban J connectivity index is 1.52. The predicted molar refractivity (Wildman–Crippen MR) is 120 cm³/mol. The third-order valence-corrected chi connectivity index (χ3v) is 5.66. The Bertz CT molecular complexity index is 1290. The summed E-state index contributed by atoms with van der Waals surface area (Å²) in [6.45, 7) is 4.49. The lowest BCUT2D eigenvalue weighted by Crippen LogP contribution is -2.36. The quantitative estimate of drug-likeness (QED) is 0.473. The fourth-order valence-corrected chi connectivity index (χ4v) is 3.90. The van der Waals surface area contributed by atoms with E-state index >= 15 is 0 Å². The highest BCUT2D eigenvalue weighted by molar-refractivity contribution is 6.09. The van der Waals surface area contributed by atoms with Gasteiger partial charge in [-0.05, 0) is 51.0 Å². The van der Waals surface area contributed by atoms with Crippen LogP contribution in [0.2, 0.25) is 0 Å². The Hall–Kier alpha value is -3.68. The minimum atomic E-state index is -0.178. The third-order valence-electron chi connectivity index (χ3n) is 5.66. The summed E-state index contributed by atoms with van der Waals surface area (Å²) in [5, 5.41) is 12.4. The maximum Gasteiger partial charge on any atom is 0.259 e. The number of benzene rings is 1. The highest BCUT2D eigenvalue weighted by Crippen LogP contribution is 2.41. The molecule has 3 aromatic heterocycles. The second kappa shape index (κ2) is 8.11. The van der Waals surface area contributed by atoms with E-state index in [9.17, 15) is 4.79 Å². The number of hydrogen-bond donors (Lipinski definition) is 1. The Morgan fingerprint density at radius 1 is 1.31 bits per heavy atom. The van der Waals surface area contributed by atoms with Gasteiger partial charge in [0.2, 0.25) is 0 Å². The van der Waals surface area contributed by atoms with E-state index in [2.05, 4.69) is 20.6 Å². The summed E-state index contributed by atoms with van der Waals surface area (Å²) in [6, 6.07) is 11.3. The first-order chi connectivity index (χ1) is 15.5. The monoisotopic (exact) mass is 431 g/mol. The summed E-state index contributed by atoms with van der Waals surface area (Å²) in [7, 11) is 1.62. The lowest BCUT2D eigenvalue weighted by atomic mass is 10.0. The molecule has 1 amide bonds. The van der Waals surface area contributed by atoms with Gasteiger partial charge in [0.25, 0.3) is 11.6 Å². The van der Waals surface area contributed by atoms with Crippen LogP contribution >= 0.6 is 0 Å². The van der Waals surface area contributed by atoms with Crippen LogP contribution in [-0.2, 0) is 6.54 Å². The number of fused-ring (bicyclic) bond motifs is 1. The number of hydrogen-bond acceptors (Lipinski definition) is 6. The second-order valence-electron chi connectivity index (χ2n) is 8.37. The van der Waals surface area contributed by atoms with Crippen molar-refractivity contribution in [1.82, 2.24) is 25.2 Å². The first-order valence-electron chi connectivity index (χ1n) is 10.8. The van der Waals surface area contributed by atoms with Gasteiger partial charge in [0.1, 0.15) is 11.4 Å². The molecule has 8 heteroatoms. The number of aromatic nitrogens is 4. The molecule has 0 radical (unpaired) electrons. The molecule has 0 bridgehead atoms. The number of nitrogens with zero attached hydrogens (tertiary/aromatic N) is 4. The Kier molecular flexibility index (Phi) is 5.13. The molecule has 1 aliphatic carbocycles. The van der Waals surface area contributed by atoms with Crippen LogP contribution < -0.4 is 10.1 Å². The molecule has 1 saturated carbocycles. The molecule has 4 aromatic rings. The summed E-state index contributed by atoms with van der Waals surface area (Å²) in [4.78, 5) is 18.1. The second-order valence-corrected chi connectivity index (χ2v) is 8.37. The number of carbonyl (C=O) groups excluding carboxylic acids is 1. The van der Waals surface area contributed by atoms with Crippen LogP contribution in [0, 0.1) is 6.92 Å². The Labute approximate surface area is 185 Å². The van der Waals surface area contributed by atoms with E-state index in [0.29, 0.717) is 40.6 Å². The van der Waals surface area contributed by atoms with Crippen molar-refractivity contribution in [3.05, 3.63) is 59.5 Å². The largest absolute Gasteiger partial charge is 0.497 e. The standard InChI is InChI=1S/C24H25N5O3/c1-14-9-10-29(27-14)13-15(2)25-23(30)19-12-20(16-7-8-16)26-24-21(19)22(28-32-24)17-5-4-6-18(11-17)31-3/h4-6,9-12,15-16H,7-8,13H2,1-3H3,(H,25,30). The van der Waals surface area contributed by atoms with Crippen LogP contribution in [0.3, 0.4) is 0 Å². The number of nitrogens with one attached hydrogen (secondary N) is 1. The van der Waals surface area contributed by atoms with Crippen molar-refractivity contribution in [2.45, 2.75) is 45.2 Å². The van der Waals surface area contributed by atoms with Gasteiger partial charge in [0.15, 0.2) is 0 Å². The molecular formula is C24H25N5O3. The maximum atomic E-state index is 13.4. The minimum absolute atomic E-state index is 0.116. The summed E-state index contributed by atoms with van der Waals surface area (Å²) in [5.74, 6) is 0.902. The fourth-order valence-electron chi connectivity index (χ4n) is 3.90. The van der Waals surface area contributed by atoms with Gasteiger partial charge < -0.3 is 14.6 Å². The van der Waals surface area contributed by atoms with E-state index in [1.54, 1.807) is 7.11 Å². The molecule has 5 rings (SSSR count). The van der Waals surface area contributed by atoms with Crippen molar-refractivity contribution >= 4 is 17.0 Å². The zero-order valence-electron chi connectivity index (χ0n) is 18.3. The first kappa shape index (κ1) is 20.2. The molecule has 1 N–H and O–H groups in total. The van der Waals surface area contributed by atoms with Gasteiger partial charge >= 0.3 is 0 Å². The minimum Gasteiger partial charge on any atom is -0.497 e. The normalized spacial score (nSPS) is 14.5. The zero-order valence-corrected chi connectivity index (χ0v) is 18.3. The van der Waals surface area contributed by atoms with E-state index in [1.165, 1.54) is 0 Å². The van der Waals surface area contributed by atoms with Crippen molar-refractivity contribution < 1.29 is 14.1 Å². The van der Waals surface area contributed by atoms with E-state index in [1.807, 2.05) is 61.1 Å². The molecule has 1 fully saturated rings. The number of aryl methyl sites for hydroxylation is 1. The van der Waals surface area contributed by atoms with Crippen molar-refractivity contribution in [1.29, 1.82) is 0 Å². The van der Waals surface area contributed by atoms with Crippen molar-refractivity contribution in [3.63, 3.8) is 0 Å². The topological polar surface area (TPSA) is 95.1 Å². The number of rotatable bonds is 7. The average molecular weight is 431 g/mol. The third kappa shape index (κ3) is 3.95. The number of amides is 1. The van der Waals surface area contributed by atoms with Crippen LogP contribution in [-0.4, -0.2) is 39.0 Å². The summed E-state index contributed by atoms with van der Waals surface area (Å²) in [5.41, 5.74) is 4.12. The van der Waals surface area contributed by atoms with Gasteiger partial charge in [-0.15, -0.1) is 0 Å². The molecule has 0 aliphatic heterocycles. The molecule has 1 atom stereocenters. The molecule has 164 valence electrons. The molecule has 8 nitrogen and oxygen atoms in total. The van der Waals surface area contributed by atoms with E-state index in [0.717, 1.165) is 29.8 Å². The number of pyridine rings is 1. The maximum absolute atomic E-state index is 13.4. The fraction of sp³-hybridized carbons (Fsp3) is 0.333. The molecule has 1 aliphatic rings.